The lowest BCUT2D eigenvalue weighted by Crippen LogP contribution is -2.28. The highest BCUT2D eigenvalue weighted by atomic mass is 127. The molecule has 11 heteroatoms. The van der Waals surface area contributed by atoms with E-state index in [1.807, 2.05) is 22.6 Å². The summed E-state index contributed by atoms with van der Waals surface area (Å²) in [6.45, 7) is 0. The highest BCUT2D eigenvalue weighted by Gasteiger charge is 2.30. The predicted molar refractivity (Wildman–Crippen MR) is 126 cm³/mol. The summed E-state index contributed by atoms with van der Waals surface area (Å²) >= 11 is 2.00. The van der Waals surface area contributed by atoms with Gasteiger partial charge in [-0.25, -0.2) is 17.8 Å². The molecule has 1 saturated carbocycles. The second-order valence-electron chi connectivity index (χ2n) is 7.44. The van der Waals surface area contributed by atoms with Gasteiger partial charge in [0.1, 0.15) is 11.6 Å². The quantitative estimate of drug-likeness (QED) is 0.398. The number of anilines is 3. The van der Waals surface area contributed by atoms with Gasteiger partial charge in [0.2, 0.25) is 10.0 Å². The van der Waals surface area contributed by atoms with Crippen LogP contribution in [-0.4, -0.2) is 28.2 Å². The molecule has 8 nitrogen and oxygen atoms in total. The summed E-state index contributed by atoms with van der Waals surface area (Å²) in [5.74, 6) is -0.369. The molecular weight excluding hydrogens is 536 g/mol. The monoisotopic (exact) mass is 557 g/mol. The Morgan fingerprint density at radius 3 is 2.61 bits per heavy atom. The fourth-order valence-corrected chi connectivity index (χ4v) is 5.75. The van der Waals surface area contributed by atoms with E-state index in [1.165, 1.54) is 30.1 Å². The largest absolute Gasteiger partial charge is 0.351 e. The number of pyridine rings is 1. The van der Waals surface area contributed by atoms with Crippen molar-refractivity contribution in [3.8, 4) is 11.3 Å². The van der Waals surface area contributed by atoms with Crippen molar-refractivity contribution in [3.05, 3.63) is 56.5 Å². The molecular formula is C20H21FIN5O3S. The summed E-state index contributed by atoms with van der Waals surface area (Å²) in [7, 11) is -2.19. The Bertz CT molecular complexity index is 1270. The van der Waals surface area contributed by atoms with E-state index >= 15 is 0 Å². The molecule has 0 aliphatic heterocycles. The Balaban J connectivity index is 1.84. The molecule has 164 valence electrons. The van der Waals surface area contributed by atoms with E-state index in [-0.39, 0.29) is 22.8 Å². The Hall–Kier alpha value is -2.41. The number of hydrogen-bond donors (Lipinski definition) is 3. The highest BCUT2D eigenvalue weighted by molar-refractivity contribution is 14.1. The van der Waals surface area contributed by atoms with Crippen LogP contribution < -0.4 is 15.6 Å². The van der Waals surface area contributed by atoms with Crippen LogP contribution in [0.5, 0.6) is 0 Å². The van der Waals surface area contributed by atoms with Gasteiger partial charge in [0.05, 0.1) is 34.2 Å². The molecule has 0 atom stereocenters. The summed E-state index contributed by atoms with van der Waals surface area (Å²) in [6, 6.07) is 6.04. The minimum absolute atomic E-state index is 0.129. The molecule has 31 heavy (non-hydrogen) atoms. The first kappa shape index (κ1) is 21.8. The molecule has 1 aromatic carbocycles. The maximum atomic E-state index is 14.5. The fraction of sp³-hybridized carbons (Fsp3) is 0.300. The molecule has 0 amide bonds. The summed E-state index contributed by atoms with van der Waals surface area (Å²) in [6.07, 6.45) is 5.87. The first-order valence-corrected chi connectivity index (χ1v) is 12.4. The average Bonchev–Trinajstić information content (AvgIpc) is 3.43. The Morgan fingerprint density at radius 1 is 1.23 bits per heavy atom. The van der Waals surface area contributed by atoms with Crippen molar-refractivity contribution in [2.24, 2.45) is 7.05 Å². The Labute approximate surface area is 192 Å². The average molecular weight is 557 g/mol. The summed E-state index contributed by atoms with van der Waals surface area (Å²) in [5, 5.41) is 2.39. The van der Waals surface area contributed by atoms with Crippen LogP contribution >= 0.6 is 22.6 Å². The van der Waals surface area contributed by atoms with Crippen LogP contribution in [0.25, 0.3) is 11.3 Å². The maximum absolute atomic E-state index is 14.5. The number of aromatic amines is 1. The topological polar surface area (TPSA) is 109 Å². The van der Waals surface area contributed by atoms with Crippen LogP contribution in [0.15, 0.2) is 41.6 Å². The van der Waals surface area contributed by atoms with Crippen LogP contribution in [-0.2, 0) is 17.1 Å². The third-order valence-corrected chi connectivity index (χ3v) is 7.89. The number of rotatable bonds is 6. The lowest BCUT2D eigenvalue weighted by Gasteiger charge is -2.20. The second kappa shape index (κ2) is 8.61. The van der Waals surface area contributed by atoms with Crippen LogP contribution in [0.4, 0.5) is 21.6 Å². The van der Waals surface area contributed by atoms with E-state index in [2.05, 4.69) is 20.0 Å². The minimum atomic E-state index is -3.69. The molecule has 0 spiro atoms. The smallest absolute Gasteiger partial charge is 0.261 e. The standard InChI is InChI=1S/C20H21FIN5O3S/c1-27-19(25-16-7-6-12(22)8-15(16)21)17(26-31(29,30)13-4-2-3-5-13)9-14(20(27)28)18-10-23-11-24-18/h6-11,13,25-26H,2-5H2,1H3,(H,23,24). The number of benzene rings is 1. The van der Waals surface area contributed by atoms with Crippen molar-refractivity contribution in [2.75, 3.05) is 10.0 Å². The number of nitrogens with zero attached hydrogens (tertiary/aromatic N) is 2. The molecule has 0 saturated heterocycles. The number of aromatic nitrogens is 3. The third-order valence-electron chi connectivity index (χ3n) is 5.37. The zero-order chi connectivity index (χ0) is 22.2. The molecule has 3 N–H and O–H groups in total. The molecule has 1 aliphatic rings. The van der Waals surface area contributed by atoms with Crippen molar-refractivity contribution >= 4 is 49.8 Å². The predicted octanol–water partition coefficient (Wildman–Crippen LogP) is 3.95. The van der Waals surface area contributed by atoms with Crippen molar-refractivity contribution in [1.29, 1.82) is 0 Å². The van der Waals surface area contributed by atoms with Gasteiger partial charge in [0.15, 0.2) is 0 Å². The van der Waals surface area contributed by atoms with Gasteiger partial charge in [-0.3, -0.25) is 14.1 Å². The number of sulfonamides is 1. The zero-order valence-corrected chi connectivity index (χ0v) is 19.6. The number of imidazole rings is 1. The normalized spacial score (nSPS) is 14.7. The Kier molecular flexibility index (Phi) is 6.06. The summed E-state index contributed by atoms with van der Waals surface area (Å²) in [4.78, 5) is 19.9. The lowest BCUT2D eigenvalue weighted by atomic mass is 10.2. The van der Waals surface area contributed by atoms with Crippen LogP contribution in [0, 0.1) is 9.39 Å². The first-order chi connectivity index (χ1) is 14.8. The van der Waals surface area contributed by atoms with Gasteiger partial charge < -0.3 is 10.3 Å². The van der Waals surface area contributed by atoms with Crippen LogP contribution in [0.2, 0.25) is 0 Å². The highest BCUT2D eigenvalue weighted by Crippen LogP contribution is 2.32. The van der Waals surface area contributed by atoms with Crippen molar-refractivity contribution < 1.29 is 12.8 Å². The second-order valence-corrected chi connectivity index (χ2v) is 10.6. The van der Waals surface area contributed by atoms with Crippen molar-refractivity contribution in [2.45, 2.75) is 30.9 Å². The van der Waals surface area contributed by atoms with E-state index < -0.39 is 26.6 Å². The fourth-order valence-electron chi connectivity index (χ4n) is 3.71. The molecule has 0 unspecified atom stereocenters. The van der Waals surface area contributed by atoms with Gasteiger partial charge in [-0.1, -0.05) is 12.8 Å². The number of hydrogen-bond acceptors (Lipinski definition) is 5. The van der Waals surface area contributed by atoms with Gasteiger partial charge in [0.25, 0.3) is 5.56 Å². The van der Waals surface area contributed by atoms with Crippen molar-refractivity contribution in [3.63, 3.8) is 0 Å². The van der Waals surface area contributed by atoms with E-state index in [4.69, 9.17) is 0 Å². The van der Waals surface area contributed by atoms with Crippen LogP contribution in [0.3, 0.4) is 0 Å². The van der Waals surface area contributed by atoms with Gasteiger partial charge >= 0.3 is 0 Å². The zero-order valence-electron chi connectivity index (χ0n) is 16.7. The summed E-state index contributed by atoms with van der Waals surface area (Å²) in [5.41, 5.74) is 0.494. The lowest BCUT2D eigenvalue weighted by molar-refractivity contribution is 0.585. The molecule has 0 radical (unpaired) electrons. The SMILES string of the molecule is Cn1c(Nc2ccc(I)cc2F)c(NS(=O)(=O)C2CCCC2)cc(-c2c[nH]cn2)c1=O. The third kappa shape index (κ3) is 4.47. The van der Waals surface area contributed by atoms with E-state index in [0.29, 0.717) is 22.1 Å². The Morgan fingerprint density at radius 2 is 1.97 bits per heavy atom. The number of halogens is 2. The van der Waals surface area contributed by atoms with Gasteiger partial charge in [-0.05, 0) is 59.7 Å². The van der Waals surface area contributed by atoms with Crippen molar-refractivity contribution in [1.82, 2.24) is 14.5 Å². The van der Waals surface area contributed by atoms with Crippen LogP contribution in [0.1, 0.15) is 25.7 Å². The van der Waals surface area contributed by atoms with Gasteiger partial charge in [0, 0.05) is 16.8 Å². The van der Waals surface area contributed by atoms with Gasteiger partial charge in [-0.2, -0.15) is 0 Å². The van der Waals surface area contributed by atoms with E-state index in [1.54, 1.807) is 18.3 Å². The molecule has 0 bridgehead atoms. The minimum Gasteiger partial charge on any atom is -0.351 e. The van der Waals surface area contributed by atoms with Gasteiger partial charge in [-0.15, -0.1) is 0 Å². The molecule has 2 aromatic heterocycles. The molecule has 2 heterocycles. The summed E-state index contributed by atoms with van der Waals surface area (Å²) < 4.78 is 45.1. The molecule has 1 aliphatic carbocycles. The first-order valence-electron chi connectivity index (χ1n) is 9.73. The number of H-pyrrole nitrogens is 1. The number of nitrogens with one attached hydrogen (secondary N) is 3. The maximum Gasteiger partial charge on any atom is 0.261 e. The van der Waals surface area contributed by atoms with E-state index in [0.717, 1.165) is 12.8 Å². The molecule has 4 rings (SSSR count). The molecule has 1 fully saturated rings. The molecule has 3 aromatic rings. The van der Waals surface area contributed by atoms with E-state index in [9.17, 15) is 17.6 Å².